The highest BCUT2D eigenvalue weighted by atomic mass is 14.2. The number of nitriles is 1. The van der Waals surface area contributed by atoms with Crippen molar-refractivity contribution in [3.63, 3.8) is 0 Å². The lowest BCUT2D eigenvalue weighted by Crippen LogP contribution is -1.82. The zero-order valence-corrected chi connectivity index (χ0v) is 13.9. The molecule has 0 aromatic heterocycles. The Labute approximate surface area is 135 Å². The molecule has 2 rings (SSSR count). The van der Waals surface area contributed by atoms with Crippen molar-refractivity contribution in [2.45, 2.75) is 52.4 Å². The molecule has 22 heavy (non-hydrogen) atoms. The molecule has 116 valence electrons. The first kappa shape index (κ1) is 18.0. The number of hydrogen-bond donors (Lipinski definition) is 0. The lowest BCUT2D eigenvalue weighted by molar-refractivity contribution is 0.624. The minimum absolute atomic E-state index is 0.721. The Hall–Kier alpha value is -2.07. The van der Waals surface area contributed by atoms with Crippen molar-refractivity contribution in [3.05, 3.63) is 60.2 Å². The summed E-state index contributed by atoms with van der Waals surface area (Å²) in [6.07, 6.45) is 8.49. The molecule has 0 heterocycles. The van der Waals surface area contributed by atoms with Crippen LogP contribution in [0.4, 0.5) is 0 Å². The first-order valence-corrected chi connectivity index (χ1v) is 8.38. The van der Waals surface area contributed by atoms with Crippen molar-refractivity contribution >= 4 is 0 Å². The summed E-state index contributed by atoms with van der Waals surface area (Å²) in [5.41, 5.74) is 2.80. The number of rotatable bonds is 6. The lowest BCUT2D eigenvalue weighted by Gasteiger charge is -2.02. The van der Waals surface area contributed by atoms with Crippen LogP contribution >= 0.6 is 0 Å². The Balaban J connectivity index is 0.000000261. The number of hydrogen-bond acceptors (Lipinski definition) is 1. The average Bonchev–Trinajstić information content (AvgIpc) is 2.60. The first-order valence-electron chi connectivity index (χ1n) is 8.38. The highest BCUT2D eigenvalue weighted by Gasteiger charge is 2.01. The Morgan fingerprint density at radius 3 is 1.82 bits per heavy atom. The molecule has 0 amide bonds. The Morgan fingerprint density at radius 2 is 1.27 bits per heavy atom. The van der Waals surface area contributed by atoms with E-state index < -0.39 is 0 Å². The molecule has 1 heteroatoms. The molecule has 0 atom stereocenters. The molecule has 0 radical (unpaired) electrons. The summed E-state index contributed by atoms with van der Waals surface area (Å²) < 4.78 is 0. The molecule has 0 unspecified atom stereocenters. The Kier molecular flexibility index (Phi) is 9.46. The predicted molar refractivity (Wildman–Crippen MR) is 95.6 cm³/mol. The van der Waals surface area contributed by atoms with Crippen LogP contribution in [-0.4, -0.2) is 0 Å². The third-order valence-corrected chi connectivity index (χ3v) is 3.59. The molecule has 0 aliphatic heterocycles. The van der Waals surface area contributed by atoms with Crippen LogP contribution in [0, 0.1) is 11.3 Å². The van der Waals surface area contributed by atoms with Crippen LogP contribution in [0.25, 0.3) is 11.1 Å². The molecule has 0 saturated heterocycles. The molecule has 0 spiro atoms. The monoisotopic (exact) mass is 293 g/mol. The third-order valence-electron chi connectivity index (χ3n) is 3.59. The molecule has 0 saturated carbocycles. The van der Waals surface area contributed by atoms with E-state index in [0.29, 0.717) is 0 Å². The van der Waals surface area contributed by atoms with Gasteiger partial charge in [-0.05, 0) is 17.2 Å². The fraction of sp³-hybridized carbons (Fsp3) is 0.381. The molecule has 1 nitrogen and oxygen atoms in total. The Bertz CT molecular complexity index is 546. The molecular weight excluding hydrogens is 266 g/mol. The summed E-state index contributed by atoms with van der Waals surface area (Å²) in [5.74, 6) is 0. The van der Waals surface area contributed by atoms with Gasteiger partial charge >= 0.3 is 0 Å². The average molecular weight is 293 g/mol. The summed E-state index contributed by atoms with van der Waals surface area (Å²) in [5, 5.41) is 8.93. The fourth-order valence-electron chi connectivity index (χ4n) is 2.30. The summed E-state index contributed by atoms with van der Waals surface area (Å²) in [6, 6.07) is 19.8. The quantitative estimate of drug-likeness (QED) is 0.551. The van der Waals surface area contributed by atoms with Crippen molar-refractivity contribution in [1.29, 1.82) is 5.26 Å². The smallest absolute Gasteiger partial charge is 0.0998 e. The van der Waals surface area contributed by atoms with E-state index in [9.17, 15) is 0 Å². The van der Waals surface area contributed by atoms with Crippen LogP contribution in [0.1, 0.15) is 57.9 Å². The van der Waals surface area contributed by atoms with Crippen molar-refractivity contribution < 1.29 is 0 Å². The largest absolute Gasteiger partial charge is 0.192 e. The van der Waals surface area contributed by atoms with E-state index in [4.69, 9.17) is 5.26 Å². The van der Waals surface area contributed by atoms with E-state index in [1.165, 1.54) is 38.5 Å². The maximum absolute atomic E-state index is 8.93. The van der Waals surface area contributed by atoms with E-state index >= 15 is 0 Å². The zero-order valence-electron chi connectivity index (χ0n) is 13.9. The maximum Gasteiger partial charge on any atom is 0.0998 e. The van der Waals surface area contributed by atoms with Gasteiger partial charge in [-0.25, -0.2) is 0 Å². The summed E-state index contributed by atoms with van der Waals surface area (Å²) >= 11 is 0. The SMILES string of the molecule is CCCCCCCC.N#Cc1ccccc1-c1ccccc1. The second-order valence-corrected chi connectivity index (χ2v) is 5.44. The van der Waals surface area contributed by atoms with Gasteiger partial charge in [0.05, 0.1) is 11.6 Å². The molecule has 0 N–H and O–H groups in total. The molecule has 0 fully saturated rings. The van der Waals surface area contributed by atoms with Gasteiger partial charge < -0.3 is 0 Å². The highest BCUT2D eigenvalue weighted by molar-refractivity contribution is 5.70. The zero-order chi connectivity index (χ0) is 16.0. The normalized spacial score (nSPS) is 9.50. The lowest BCUT2D eigenvalue weighted by atomic mass is 10.0. The predicted octanol–water partition coefficient (Wildman–Crippen LogP) is 6.59. The maximum atomic E-state index is 8.93. The summed E-state index contributed by atoms with van der Waals surface area (Å²) in [6.45, 7) is 4.51. The highest BCUT2D eigenvalue weighted by Crippen LogP contribution is 2.22. The van der Waals surface area contributed by atoms with Gasteiger partial charge in [-0.15, -0.1) is 0 Å². The first-order chi connectivity index (χ1) is 10.8. The van der Waals surface area contributed by atoms with Crippen LogP contribution in [-0.2, 0) is 0 Å². The number of benzene rings is 2. The second-order valence-electron chi connectivity index (χ2n) is 5.44. The van der Waals surface area contributed by atoms with Gasteiger partial charge in [0, 0.05) is 0 Å². The molecule has 2 aromatic carbocycles. The topological polar surface area (TPSA) is 23.8 Å². The van der Waals surface area contributed by atoms with Crippen molar-refractivity contribution in [2.24, 2.45) is 0 Å². The minimum Gasteiger partial charge on any atom is -0.192 e. The van der Waals surface area contributed by atoms with Gasteiger partial charge in [0.2, 0.25) is 0 Å². The molecular formula is C21H27N. The van der Waals surface area contributed by atoms with E-state index in [0.717, 1.165) is 16.7 Å². The third kappa shape index (κ3) is 6.59. The molecule has 0 bridgehead atoms. The van der Waals surface area contributed by atoms with Crippen LogP contribution in [0.15, 0.2) is 54.6 Å². The molecule has 0 aliphatic rings. The number of nitrogens with zero attached hydrogens (tertiary/aromatic N) is 1. The molecule has 2 aromatic rings. The van der Waals surface area contributed by atoms with Crippen molar-refractivity contribution in [3.8, 4) is 17.2 Å². The molecule has 0 aliphatic carbocycles. The van der Waals surface area contributed by atoms with Crippen molar-refractivity contribution in [1.82, 2.24) is 0 Å². The summed E-state index contributed by atoms with van der Waals surface area (Å²) in [7, 11) is 0. The standard InChI is InChI=1S/C13H9N.C8H18/c14-10-12-8-4-5-9-13(12)11-6-2-1-3-7-11;1-3-5-7-8-6-4-2/h1-9H;3-8H2,1-2H3. The van der Waals surface area contributed by atoms with Gasteiger partial charge in [0.15, 0.2) is 0 Å². The van der Waals surface area contributed by atoms with E-state index in [-0.39, 0.29) is 0 Å². The van der Waals surface area contributed by atoms with Crippen molar-refractivity contribution in [2.75, 3.05) is 0 Å². The van der Waals surface area contributed by atoms with E-state index in [1.54, 1.807) is 0 Å². The number of unbranched alkanes of at least 4 members (excludes halogenated alkanes) is 5. The second kappa shape index (κ2) is 11.6. The van der Waals surface area contributed by atoms with Gasteiger partial charge in [-0.1, -0.05) is 101 Å². The van der Waals surface area contributed by atoms with Gasteiger partial charge in [0.25, 0.3) is 0 Å². The van der Waals surface area contributed by atoms with Crippen LogP contribution in [0.5, 0.6) is 0 Å². The van der Waals surface area contributed by atoms with E-state index in [2.05, 4.69) is 19.9 Å². The van der Waals surface area contributed by atoms with Gasteiger partial charge in [-0.3, -0.25) is 0 Å². The Morgan fingerprint density at radius 1 is 0.727 bits per heavy atom. The van der Waals surface area contributed by atoms with Gasteiger partial charge in [0.1, 0.15) is 0 Å². The van der Waals surface area contributed by atoms with Crippen LogP contribution < -0.4 is 0 Å². The van der Waals surface area contributed by atoms with Crippen LogP contribution in [0.2, 0.25) is 0 Å². The fourth-order valence-corrected chi connectivity index (χ4v) is 2.30. The van der Waals surface area contributed by atoms with Gasteiger partial charge in [-0.2, -0.15) is 5.26 Å². The summed E-state index contributed by atoms with van der Waals surface area (Å²) in [4.78, 5) is 0. The van der Waals surface area contributed by atoms with Crippen LogP contribution in [0.3, 0.4) is 0 Å². The van der Waals surface area contributed by atoms with E-state index in [1.807, 2.05) is 54.6 Å². The minimum atomic E-state index is 0.721.